The predicted molar refractivity (Wildman–Crippen MR) is 65.0 cm³/mol. The lowest BCUT2D eigenvalue weighted by Gasteiger charge is -2.26. The second-order valence-electron chi connectivity index (χ2n) is 4.99. The van der Waals surface area contributed by atoms with Crippen LogP contribution >= 0.6 is 0 Å². The van der Waals surface area contributed by atoms with Crippen molar-refractivity contribution in [2.24, 2.45) is 11.3 Å². The molecule has 1 aliphatic carbocycles. The number of ether oxygens (including phenoxy) is 1. The molecule has 0 saturated heterocycles. The maximum atomic E-state index is 5.73. The van der Waals surface area contributed by atoms with E-state index in [9.17, 15) is 0 Å². The monoisotopic (exact) mass is 211 g/mol. The summed E-state index contributed by atoms with van der Waals surface area (Å²) in [6, 6.07) is 0. The third-order valence-corrected chi connectivity index (χ3v) is 2.93. The average molecular weight is 211 g/mol. The van der Waals surface area contributed by atoms with Crippen LogP contribution in [0.1, 0.15) is 33.1 Å². The fraction of sp³-hybridized carbons (Fsp3) is 0.846. The van der Waals surface area contributed by atoms with Gasteiger partial charge in [0.2, 0.25) is 0 Å². The molecule has 2 heteroatoms. The molecule has 88 valence electrons. The van der Waals surface area contributed by atoms with Gasteiger partial charge in [-0.25, -0.2) is 0 Å². The van der Waals surface area contributed by atoms with Gasteiger partial charge >= 0.3 is 0 Å². The van der Waals surface area contributed by atoms with E-state index in [1.165, 1.54) is 19.3 Å². The first-order valence-corrected chi connectivity index (χ1v) is 6.12. The molecule has 1 fully saturated rings. The van der Waals surface area contributed by atoms with Crippen LogP contribution in [0.4, 0.5) is 0 Å². The van der Waals surface area contributed by atoms with E-state index >= 15 is 0 Å². The van der Waals surface area contributed by atoms with Crippen molar-refractivity contribution >= 4 is 0 Å². The number of nitrogens with one attached hydrogen (secondary N) is 1. The third-order valence-electron chi connectivity index (χ3n) is 2.93. The summed E-state index contributed by atoms with van der Waals surface area (Å²) in [5, 5.41) is 3.43. The van der Waals surface area contributed by atoms with Crippen LogP contribution in [-0.2, 0) is 4.74 Å². The molecule has 2 nitrogen and oxygen atoms in total. The quantitative estimate of drug-likeness (QED) is 0.467. The standard InChI is InChI=1S/C13H25NO/c1-4-8-14-10-13(3,5-2)11-15-9-12-6-7-12/h5,12,14H,2,4,6-11H2,1,3H3. The SMILES string of the molecule is C=CC(C)(CNCCC)COCC1CC1. The molecule has 15 heavy (non-hydrogen) atoms. The normalized spacial score (nSPS) is 19.9. The highest BCUT2D eigenvalue weighted by atomic mass is 16.5. The van der Waals surface area contributed by atoms with Gasteiger partial charge in [0.05, 0.1) is 6.61 Å². The molecule has 1 rings (SSSR count). The fourth-order valence-electron chi connectivity index (χ4n) is 1.48. The van der Waals surface area contributed by atoms with Gasteiger partial charge in [-0.2, -0.15) is 0 Å². The lowest BCUT2D eigenvalue weighted by atomic mass is 9.92. The average Bonchev–Trinajstić information content (AvgIpc) is 3.02. The summed E-state index contributed by atoms with van der Waals surface area (Å²) in [6.45, 7) is 12.1. The Labute approximate surface area is 94.1 Å². The van der Waals surface area contributed by atoms with Crippen molar-refractivity contribution < 1.29 is 4.74 Å². The molecule has 0 aromatic heterocycles. The molecule has 0 spiro atoms. The molecule has 0 amide bonds. The minimum atomic E-state index is 0.0874. The summed E-state index contributed by atoms with van der Waals surface area (Å²) in [5.41, 5.74) is 0.0874. The van der Waals surface area contributed by atoms with Crippen LogP contribution < -0.4 is 5.32 Å². The number of hydrogen-bond acceptors (Lipinski definition) is 2. The van der Waals surface area contributed by atoms with Gasteiger partial charge in [-0.05, 0) is 31.7 Å². The van der Waals surface area contributed by atoms with E-state index in [1.807, 2.05) is 6.08 Å². The molecule has 0 heterocycles. The molecule has 1 unspecified atom stereocenters. The van der Waals surface area contributed by atoms with Gasteiger partial charge in [0.25, 0.3) is 0 Å². The minimum Gasteiger partial charge on any atom is -0.380 e. The van der Waals surface area contributed by atoms with E-state index in [2.05, 4.69) is 25.7 Å². The molecular weight excluding hydrogens is 186 g/mol. The maximum Gasteiger partial charge on any atom is 0.0566 e. The topological polar surface area (TPSA) is 21.3 Å². The lowest BCUT2D eigenvalue weighted by Crippen LogP contribution is -2.34. The number of rotatable bonds is 9. The fourth-order valence-corrected chi connectivity index (χ4v) is 1.48. The van der Waals surface area contributed by atoms with Crippen LogP contribution in [0.5, 0.6) is 0 Å². The number of hydrogen-bond donors (Lipinski definition) is 1. The van der Waals surface area contributed by atoms with Crippen LogP contribution in [0.2, 0.25) is 0 Å². The molecule has 0 aliphatic heterocycles. The van der Waals surface area contributed by atoms with Crippen molar-refractivity contribution in [3.05, 3.63) is 12.7 Å². The molecule has 1 N–H and O–H groups in total. The van der Waals surface area contributed by atoms with Crippen molar-refractivity contribution in [2.45, 2.75) is 33.1 Å². The zero-order valence-electron chi connectivity index (χ0n) is 10.2. The van der Waals surface area contributed by atoms with E-state index in [0.717, 1.165) is 32.2 Å². The molecule has 1 aliphatic rings. The van der Waals surface area contributed by atoms with E-state index in [1.54, 1.807) is 0 Å². The Kier molecular flexibility index (Phi) is 5.34. The highest BCUT2D eigenvalue weighted by molar-refractivity contribution is 4.93. The van der Waals surface area contributed by atoms with Crippen molar-refractivity contribution in [1.82, 2.24) is 5.32 Å². The van der Waals surface area contributed by atoms with Gasteiger partial charge < -0.3 is 10.1 Å². The predicted octanol–water partition coefficient (Wildman–Crippen LogP) is 2.60. The van der Waals surface area contributed by atoms with Crippen molar-refractivity contribution in [3.63, 3.8) is 0 Å². The summed E-state index contributed by atoms with van der Waals surface area (Å²) in [6.07, 6.45) is 5.91. The molecule has 1 atom stereocenters. The smallest absolute Gasteiger partial charge is 0.0566 e. The summed E-state index contributed by atoms with van der Waals surface area (Å²) in [7, 11) is 0. The maximum absolute atomic E-state index is 5.73. The van der Waals surface area contributed by atoms with Gasteiger partial charge in [-0.3, -0.25) is 0 Å². The second kappa shape index (κ2) is 6.29. The Morgan fingerprint density at radius 2 is 2.27 bits per heavy atom. The Hall–Kier alpha value is -0.340. The third kappa shape index (κ3) is 5.33. The van der Waals surface area contributed by atoms with Gasteiger partial charge in [-0.15, -0.1) is 6.58 Å². The second-order valence-corrected chi connectivity index (χ2v) is 4.99. The summed E-state index contributed by atoms with van der Waals surface area (Å²) in [4.78, 5) is 0. The molecule has 0 radical (unpaired) electrons. The minimum absolute atomic E-state index is 0.0874. The van der Waals surface area contributed by atoms with E-state index < -0.39 is 0 Å². The Bertz CT molecular complexity index is 189. The highest BCUT2D eigenvalue weighted by Crippen LogP contribution is 2.29. The van der Waals surface area contributed by atoms with Crippen LogP contribution in [0, 0.1) is 11.3 Å². The van der Waals surface area contributed by atoms with Crippen LogP contribution in [0.3, 0.4) is 0 Å². The van der Waals surface area contributed by atoms with Gasteiger partial charge in [-0.1, -0.05) is 19.9 Å². The zero-order chi connectivity index (χ0) is 11.1. The van der Waals surface area contributed by atoms with Gasteiger partial charge in [0, 0.05) is 18.6 Å². The first-order chi connectivity index (χ1) is 7.20. The van der Waals surface area contributed by atoms with Crippen molar-refractivity contribution in [3.8, 4) is 0 Å². The molecule has 0 aromatic rings. The Balaban J connectivity index is 2.14. The molecular formula is C13H25NO. The van der Waals surface area contributed by atoms with Crippen LogP contribution in [0.25, 0.3) is 0 Å². The first kappa shape index (κ1) is 12.7. The first-order valence-electron chi connectivity index (χ1n) is 6.12. The summed E-state index contributed by atoms with van der Waals surface area (Å²) >= 11 is 0. The molecule has 1 saturated carbocycles. The largest absolute Gasteiger partial charge is 0.380 e. The van der Waals surface area contributed by atoms with E-state index in [4.69, 9.17) is 4.74 Å². The Morgan fingerprint density at radius 1 is 1.53 bits per heavy atom. The van der Waals surface area contributed by atoms with E-state index in [0.29, 0.717) is 0 Å². The summed E-state index contributed by atoms with van der Waals surface area (Å²) in [5.74, 6) is 0.850. The van der Waals surface area contributed by atoms with Gasteiger partial charge in [0.15, 0.2) is 0 Å². The van der Waals surface area contributed by atoms with E-state index in [-0.39, 0.29) is 5.41 Å². The Morgan fingerprint density at radius 3 is 2.80 bits per heavy atom. The van der Waals surface area contributed by atoms with Crippen LogP contribution in [0.15, 0.2) is 12.7 Å². The van der Waals surface area contributed by atoms with Crippen LogP contribution in [-0.4, -0.2) is 26.3 Å². The lowest BCUT2D eigenvalue weighted by molar-refractivity contribution is 0.0687. The van der Waals surface area contributed by atoms with Crippen molar-refractivity contribution in [1.29, 1.82) is 0 Å². The molecule has 0 bridgehead atoms. The molecule has 0 aromatic carbocycles. The van der Waals surface area contributed by atoms with Crippen molar-refractivity contribution in [2.75, 3.05) is 26.3 Å². The highest BCUT2D eigenvalue weighted by Gasteiger charge is 2.24. The van der Waals surface area contributed by atoms with Gasteiger partial charge in [0.1, 0.15) is 0 Å². The summed E-state index contributed by atoms with van der Waals surface area (Å²) < 4.78 is 5.73. The zero-order valence-corrected chi connectivity index (χ0v) is 10.2.